The van der Waals surface area contributed by atoms with Gasteiger partial charge in [0.2, 0.25) is 0 Å². The minimum absolute atomic E-state index is 0.112. The lowest BCUT2D eigenvalue weighted by Crippen LogP contribution is -2.16. The van der Waals surface area contributed by atoms with Crippen LogP contribution in [0, 0.1) is 13.8 Å². The Kier molecular flexibility index (Phi) is 3.37. The van der Waals surface area contributed by atoms with Gasteiger partial charge in [-0.25, -0.2) is 0 Å². The minimum atomic E-state index is -0.522. The second kappa shape index (κ2) is 4.97. The zero-order chi connectivity index (χ0) is 14.0. The van der Waals surface area contributed by atoms with Gasteiger partial charge >= 0.3 is 0 Å². The summed E-state index contributed by atoms with van der Waals surface area (Å²) in [4.78, 5) is 25.3. The molecule has 19 heavy (non-hydrogen) atoms. The Hall–Kier alpha value is -2.56. The fourth-order valence-electron chi connectivity index (χ4n) is 1.81. The SMILES string of the molecule is Cc1ccc(NC(=O)c2cc(O)[nH]c(=O)c2)c(C)c1. The van der Waals surface area contributed by atoms with Gasteiger partial charge in [0.25, 0.3) is 11.5 Å². The number of amides is 1. The van der Waals surface area contributed by atoms with Gasteiger partial charge in [-0.1, -0.05) is 17.7 Å². The van der Waals surface area contributed by atoms with E-state index in [2.05, 4.69) is 10.3 Å². The molecule has 0 aliphatic heterocycles. The molecular weight excluding hydrogens is 244 g/mol. The van der Waals surface area contributed by atoms with Crippen molar-refractivity contribution >= 4 is 11.6 Å². The summed E-state index contributed by atoms with van der Waals surface area (Å²) in [5.41, 5.74) is 2.30. The number of anilines is 1. The summed E-state index contributed by atoms with van der Waals surface area (Å²) in [6.45, 7) is 3.85. The topological polar surface area (TPSA) is 82.2 Å². The number of rotatable bonds is 2. The number of aromatic amines is 1. The van der Waals surface area contributed by atoms with Crippen LogP contribution in [-0.4, -0.2) is 16.0 Å². The molecule has 0 unspecified atom stereocenters. The molecule has 3 N–H and O–H groups in total. The Morgan fingerprint density at radius 2 is 1.95 bits per heavy atom. The van der Waals surface area contributed by atoms with E-state index in [1.54, 1.807) is 6.07 Å². The number of hydrogen-bond donors (Lipinski definition) is 3. The molecule has 0 aliphatic rings. The van der Waals surface area contributed by atoms with Crippen molar-refractivity contribution in [3.05, 3.63) is 57.4 Å². The summed E-state index contributed by atoms with van der Waals surface area (Å²) in [7, 11) is 0. The molecule has 0 atom stereocenters. The maximum atomic E-state index is 12.0. The van der Waals surface area contributed by atoms with E-state index in [0.29, 0.717) is 5.69 Å². The van der Waals surface area contributed by atoms with Crippen molar-refractivity contribution in [2.24, 2.45) is 0 Å². The average Bonchev–Trinajstić information content (AvgIpc) is 2.31. The molecule has 0 saturated carbocycles. The zero-order valence-electron chi connectivity index (χ0n) is 10.7. The summed E-state index contributed by atoms with van der Waals surface area (Å²) in [6.07, 6.45) is 0. The molecule has 1 aromatic carbocycles. The number of carbonyl (C=O) groups excluding carboxylic acids is 1. The lowest BCUT2D eigenvalue weighted by molar-refractivity contribution is 0.102. The minimum Gasteiger partial charge on any atom is -0.494 e. The van der Waals surface area contributed by atoms with E-state index in [0.717, 1.165) is 17.2 Å². The molecule has 1 heterocycles. The Morgan fingerprint density at radius 3 is 2.58 bits per heavy atom. The molecule has 0 radical (unpaired) electrons. The van der Waals surface area contributed by atoms with E-state index >= 15 is 0 Å². The molecular formula is C14H14N2O3. The number of carbonyl (C=O) groups is 1. The highest BCUT2D eigenvalue weighted by Crippen LogP contribution is 2.17. The lowest BCUT2D eigenvalue weighted by Gasteiger charge is -2.09. The number of aromatic nitrogens is 1. The predicted molar refractivity (Wildman–Crippen MR) is 72.6 cm³/mol. The van der Waals surface area contributed by atoms with Crippen LogP contribution in [0.4, 0.5) is 5.69 Å². The molecule has 5 heteroatoms. The summed E-state index contributed by atoms with van der Waals surface area (Å²) in [6, 6.07) is 7.98. The number of benzene rings is 1. The Morgan fingerprint density at radius 1 is 1.21 bits per heavy atom. The summed E-state index contributed by atoms with van der Waals surface area (Å²) < 4.78 is 0. The van der Waals surface area contributed by atoms with Gasteiger partial charge in [-0.3, -0.25) is 14.6 Å². The standard InChI is InChI=1S/C14H14N2O3/c1-8-3-4-11(9(2)5-8)15-14(19)10-6-12(17)16-13(18)7-10/h3-7H,1-2H3,(H,15,19)(H2,16,17,18). The zero-order valence-corrected chi connectivity index (χ0v) is 10.7. The number of hydrogen-bond acceptors (Lipinski definition) is 3. The normalized spacial score (nSPS) is 10.2. The maximum absolute atomic E-state index is 12.0. The quantitative estimate of drug-likeness (QED) is 0.770. The van der Waals surface area contributed by atoms with Crippen LogP contribution in [0.2, 0.25) is 0 Å². The second-order valence-electron chi connectivity index (χ2n) is 4.39. The molecule has 5 nitrogen and oxygen atoms in total. The van der Waals surface area contributed by atoms with Gasteiger partial charge in [0.05, 0.1) is 5.56 Å². The van der Waals surface area contributed by atoms with Crippen LogP contribution in [0.3, 0.4) is 0 Å². The summed E-state index contributed by atoms with van der Waals surface area (Å²) >= 11 is 0. The van der Waals surface area contributed by atoms with Crippen molar-refractivity contribution in [2.45, 2.75) is 13.8 Å². The smallest absolute Gasteiger partial charge is 0.256 e. The van der Waals surface area contributed by atoms with Crippen LogP contribution in [0.25, 0.3) is 0 Å². The number of H-pyrrole nitrogens is 1. The number of nitrogens with one attached hydrogen (secondary N) is 2. The van der Waals surface area contributed by atoms with E-state index < -0.39 is 11.5 Å². The number of aryl methyl sites for hydroxylation is 2. The molecule has 2 aromatic rings. The largest absolute Gasteiger partial charge is 0.494 e. The van der Waals surface area contributed by atoms with Crippen LogP contribution in [0.15, 0.2) is 35.1 Å². The van der Waals surface area contributed by atoms with Crippen LogP contribution < -0.4 is 10.9 Å². The first-order valence-electron chi connectivity index (χ1n) is 5.77. The molecule has 1 amide bonds. The molecule has 1 aromatic heterocycles. The third-order valence-corrected chi connectivity index (χ3v) is 2.72. The summed E-state index contributed by atoms with van der Waals surface area (Å²) in [5.74, 6) is -0.772. The second-order valence-corrected chi connectivity index (χ2v) is 4.39. The van der Waals surface area contributed by atoms with E-state index in [-0.39, 0.29) is 11.4 Å². The van der Waals surface area contributed by atoms with Gasteiger partial charge < -0.3 is 10.4 Å². The van der Waals surface area contributed by atoms with Gasteiger partial charge in [-0.15, -0.1) is 0 Å². The molecule has 0 aliphatic carbocycles. The molecule has 2 rings (SSSR count). The Bertz CT molecular complexity index is 689. The van der Waals surface area contributed by atoms with Gasteiger partial charge in [-0.2, -0.15) is 0 Å². The molecule has 0 bridgehead atoms. The highest BCUT2D eigenvalue weighted by molar-refractivity contribution is 6.04. The third-order valence-electron chi connectivity index (χ3n) is 2.72. The van der Waals surface area contributed by atoms with Gasteiger partial charge in [-0.05, 0) is 25.5 Å². The van der Waals surface area contributed by atoms with Gasteiger partial charge in [0.1, 0.15) is 0 Å². The van der Waals surface area contributed by atoms with Crippen LogP contribution in [0.1, 0.15) is 21.5 Å². The van der Waals surface area contributed by atoms with Crippen molar-refractivity contribution in [3.8, 4) is 5.88 Å². The number of aromatic hydroxyl groups is 1. The Labute approximate surface area is 109 Å². The maximum Gasteiger partial charge on any atom is 0.256 e. The highest BCUT2D eigenvalue weighted by atomic mass is 16.3. The van der Waals surface area contributed by atoms with E-state index in [4.69, 9.17) is 0 Å². The first-order valence-corrected chi connectivity index (χ1v) is 5.77. The van der Waals surface area contributed by atoms with Crippen LogP contribution >= 0.6 is 0 Å². The average molecular weight is 258 g/mol. The number of pyridine rings is 1. The van der Waals surface area contributed by atoms with Crippen molar-refractivity contribution in [1.82, 2.24) is 4.98 Å². The first kappa shape index (κ1) is 12.9. The monoisotopic (exact) mass is 258 g/mol. The fraction of sp³-hybridized carbons (Fsp3) is 0.143. The molecule has 98 valence electrons. The van der Waals surface area contributed by atoms with Crippen molar-refractivity contribution < 1.29 is 9.90 Å². The highest BCUT2D eigenvalue weighted by Gasteiger charge is 2.09. The predicted octanol–water partition coefficient (Wildman–Crippen LogP) is 1.95. The Balaban J connectivity index is 2.28. The van der Waals surface area contributed by atoms with Gasteiger partial charge in [0, 0.05) is 17.8 Å². The van der Waals surface area contributed by atoms with Crippen LogP contribution in [-0.2, 0) is 0 Å². The fourth-order valence-corrected chi connectivity index (χ4v) is 1.81. The lowest BCUT2D eigenvalue weighted by atomic mass is 10.1. The van der Waals surface area contributed by atoms with Crippen molar-refractivity contribution in [1.29, 1.82) is 0 Å². The van der Waals surface area contributed by atoms with Crippen molar-refractivity contribution in [3.63, 3.8) is 0 Å². The first-order chi connectivity index (χ1) is 8.95. The van der Waals surface area contributed by atoms with E-state index in [1.165, 1.54) is 6.07 Å². The third kappa shape index (κ3) is 3.01. The molecule has 0 spiro atoms. The van der Waals surface area contributed by atoms with Gasteiger partial charge in [0.15, 0.2) is 5.88 Å². The van der Waals surface area contributed by atoms with E-state index in [1.807, 2.05) is 26.0 Å². The summed E-state index contributed by atoms with van der Waals surface area (Å²) in [5, 5.41) is 12.0. The molecule has 0 saturated heterocycles. The van der Waals surface area contributed by atoms with E-state index in [9.17, 15) is 14.7 Å². The van der Waals surface area contributed by atoms with Crippen molar-refractivity contribution in [2.75, 3.05) is 5.32 Å². The van der Waals surface area contributed by atoms with Crippen LogP contribution in [0.5, 0.6) is 5.88 Å². The molecule has 0 fully saturated rings.